The Kier molecular flexibility index (Phi) is 5.63. The van der Waals surface area contributed by atoms with E-state index in [0.29, 0.717) is 17.2 Å². The third kappa shape index (κ3) is 4.13. The summed E-state index contributed by atoms with van der Waals surface area (Å²) in [5, 5.41) is 3.74. The Bertz CT molecular complexity index is 549. The first kappa shape index (κ1) is 16.1. The van der Waals surface area contributed by atoms with E-state index in [2.05, 4.69) is 14.7 Å². The van der Waals surface area contributed by atoms with Crippen LogP contribution in [0.4, 0.5) is 4.79 Å². The van der Waals surface area contributed by atoms with Crippen LogP contribution in [-0.4, -0.2) is 32.2 Å². The van der Waals surface area contributed by atoms with Gasteiger partial charge in [0.25, 0.3) is 0 Å². The van der Waals surface area contributed by atoms with Crippen molar-refractivity contribution in [1.82, 2.24) is 0 Å². The van der Waals surface area contributed by atoms with Crippen LogP contribution in [0, 0.1) is 0 Å². The van der Waals surface area contributed by atoms with E-state index < -0.39 is 6.16 Å². The molecule has 1 aliphatic carbocycles. The predicted molar refractivity (Wildman–Crippen MR) is 81.6 cm³/mol. The Morgan fingerprint density at radius 3 is 2.55 bits per heavy atom. The number of rotatable bonds is 5. The van der Waals surface area contributed by atoms with Crippen molar-refractivity contribution in [1.29, 1.82) is 0 Å². The maximum Gasteiger partial charge on any atom is 0.534 e. The molecule has 0 bridgehead atoms. The summed E-state index contributed by atoms with van der Waals surface area (Å²) in [7, 11) is 2.84. The molecule has 1 aromatic carbocycles. The zero-order chi connectivity index (χ0) is 15.9. The molecule has 0 N–H and O–H groups in total. The molecule has 0 radical (unpaired) electrons. The third-order valence-electron chi connectivity index (χ3n) is 3.60. The van der Waals surface area contributed by atoms with E-state index in [4.69, 9.17) is 9.47 Å². The molecule has 0 amide bonds. The molecule has 6 heteroatoms. The van der Waals surface area contributed by atoms with Gasteiger partial charge in [0.15, 0.2) is 11.5 Å². The second kappa shape index (κ2) is 7.68. The van der Waals surface area contributed by atoms with E-state index >= 15 is 0 Å². The van der Waals surface area contributed by atoms with Crippen LogP contribution in [0.25, 0.3) is 0 Å². The predicted octanol–water partition coefficient (Wildman–Crippen LogP) is 3.52. The fourth-order valence-electron chi connectivity index (χ4n) is 2.38. The van der Waals surface area contributed by atoms with Gasteiger partial charge in [-0.2, -0.15) is 0 Å². The van der Waals surface area contributed by atoms with Gasteiger partial charge < -0.3 is 14.2 Å². The largest absolute Gasteiger partial charge is 0.534 e. The number of methoxy groups -OCH3 is 2. The molecule has 6 nitrogen and oxygen atoms in total. The number of nitrogens with zero attached hydrogens (tertiary/aromatic N) is 1. The normalized spacial score (nSPS) is 15.5. The van der Waals surface area contributed by atoms with Gasteiger partial charge in [0.05, 0.1) is 26.0 Å². The number of carbonyl (C=O) groups excluding carboxylic acids is 1. The highest BCUT2D eigenvalue weighted by atomic mass is 16.8. The smallest absolute Gasteiger partial charge is 0.493 e. The third-order valence-corrected chi connectivity index (χ3v) is 3.60. The summed E-state index contributed by atoms with van der Waals surface area (Å²) < 4.78 is 15.7. The average molecular weight is 307 g/mol. The standard InChI is InChI=1S/C16H21NO5/c1-11(17-22-16(18)20-3)12-8-9-14(19-2)15(10-12)21-13-6-4-5-7-13/h8-10,13H,4-7H2,1-3H3/b17-11+. The van der Waals surface area contributed by atoms with Gasteiger partial charge in [0.1, 0.15) is 0 Å². The molecular weight excluding hydrogens is 286 g/mol. The first-order valence-electron chi connectivity index (χ1n) is 7.28. The molecule has 1 saturated carbocycles. The SMILES string of the molecule is COC(=O)O/N=C(\C)c1ccc(OC)c(OC2CCCC2)c1. The molecule has 0 atom stereocenters. The summed E-state index contributed by atoms with van der Waals surface area (Å²) in [6.45, 7) is 1.74. The number of hydrogen-bond donors (Lipinski definition) is 0. The zero-order valence-corrected chi connectivity index (χ0v) is 13.1. The van der Waals surface area contributed by atoms with Crippen LogP contribution in [0.3, 0.4) is 0 Å². The van der Waals surface area contributed by atoms with Gasteiger partial charge in [-0.05, 0) is 50.8 Å². The molecule has 0 spiro atoms. The van der Waals surface area contributed by atoms with Gasteiger partial charge in [0, 0.05) is 5.56 Å². The minimum atomic E-state index is -0.852. The van der Waals surface area contributed by atoms with E-state index in [9.17, 15) is 4.79 Å². The lowest BCUT2D eigenvalue weighted by Gasteiger charge is -2.16. The van der Waals surface area contributed by atoms with Crippen molar-refractivity contribution in [3.8, 4) is 11.5 Å². The molecule has 1 aromatic rings. The first-order valence-corrected chi connectivity index (χ1v) is 7.28. The highest BCUT2D eigenvalue weighted by Gasteiger charge is 2.19. The van der Waals surface area contributed by atoms with Crippen molar-refractivity contribution < 1.29 is 23.8 Å². The summed E-state index contributed by atoms with van der Waals surface area (Å²) in [6.07, 6.45) is 3.89. The monoisotopic (exact) mass is 307 g/mol. The maximum absolute atomic E-state index is 10.9. The average Bonchev–Trinajstić information content (AvgIpc) is 3.05. The molecule has 1 fully saturated rings. The van der Waals surface area contributed by atoms with Gasteiger partial charge in [-0.15, -0.1) is 0 Å². The van der Waals surface area contributed by atoms with Gasteiger partial charge >= 0.3 is 6.16 Å². The topological polar surface area (TPSA) is 66.4 Å². The lowest BCUT2D eigenvalue weighted by Crippen LogP contribution is -2.12. The van der Waals surface area contributed by atoms with Crippen molar-refractivity contribution in [3.05, 3.63) is 23.8 Å². The van der Waals surface area contributed by atoms with Crippen LogP contribution < -0.4 is 9.47 Å². The van der Waals surface area contributed by atoms with Crippen LogP contribution in [0.1, 0.15) is 38.2 Å². The van der Waals surface area contributed by atoms with Crippen molar-refractivity contribution in [2.75, 3.05) is 14.2 Å². The number of hydrogen-bond acceptors (Lipinski definition) is 6. The number of carbonyl (C=O) groups is 1. The Morgan fingerprint density at radius 1 is 1.18 bits per heavy atom. The van der Waals surface area contributed by atoms with E-state index in [1.165, 1.54) is 20.0 Å². The molecule has 0 aliphatic heterocycles. The lowest BCUT2D eigenvalue weighted by atomic mass is 10.1. The fraction of sp³-hybridized carbons (Fsp3) is 0.500. The zero-order valence-electron chi connectivity index (χ0n) is 13.1. The van der Waals surface area contributed by atoms with E-state index in [1.807, 2.05) is 18.2 Å². The second-order valence-electron chi connectivity index (χ2n) is 5.11. The first-order chi connectivity index (χ1) is 10.6. The van der Waals surface area contributed by atoms with E-state index in [-0.39, 0.29) is 6.10 Å². The van der Waals surface area contributed by atoms with Crippen LogP contribution >= 0.6 is 0 Å². The fourth-order valence-corrected chi connectivity index (χ4v) is 2.38. The number of oxime groups is 1. The summed E-state index contributed by atoms with van der Waals surface area (Å²) in [6, 6.07) is 5.49. The second-order valence-corrected chi connectivity index (χ2v) is 5.11. The maximum atomic E-state index is 10.9. The van der Waals surface area contributed by atoms with Crippen LogP contribution in [0.2, 0.25) is 0 Å². The van der Waals surface area contributed by atoms with Crippen molar-refractivity contribution in [2.24, 2.45) is 5.16 Å². The van der Waals surface area contributed by atoms with Crippen LogP contribution in [-0.2, 0) is 9.57 Å². The molecule has 0 heterocycles. The highest BCUT2D eigenvalue weighted by Crippen LogP contribution is 2.32. The Hall–Kier alpha value is -2.24. The summed E-state index contributed by atoms with van der Waals surface area (Å²) in [4.78, 5) is 15.5. The summed E-state index contributed by atoms with van der Waals surface area (Å²) in [5.41, 5.74) is 1.34. The van der Waals surface area contributed by atoms with Crippen LogP contribution in [0.5, 0.6) is 11.5 Å². The number of benzene rings is 1. The quantitative estimate of drug-likeness (QED) is 0.360. The number of ether oxygens (including phenoxy) is 3. The van der Waals surface area contributed by atoms with E-state index in [0.717, 1.165) is 18.4 Å². The van der Waals surface area contributed by atoms with Gasteiger partial charge in [-0.3, -0.25) is 4.84 Å². The van der Waals surface area contributed by atoms with Gasteiger partial charge in [-0.25, -0.2) is 4.79 Å². The highest BCUT2D eigenvalue weighted by molar-refractivity contribution is 5.99. The summed E-state index contributed by atoms with van der Waals surface area (Å²) >= 11 is 0. The molecule has 2 rings (SSSR count). The van der Waals surface area contributed by atoms with Gasteiger partial charge in [0.2, 0.25) is 0 Å². The Labute approximate surface area is 130 Å². The molecule has 0 unspecified atom stereocenters. The molecular formula is C16H21NO5. The molecule has 0 aromatic heterocycles. The molecule has 120 valence electrons. The van der Waals surface area contributed by atoms with Crippen molar-refractivity contribution in [3.63, 3.8) is 0 Å². The van der Waals surface area contributed by atoms with Crippen molar-refractivity contribution in [2.45, 2.75) is 38.7 Å². The van der Waals surface area contributed by atoms with Crippen molar-refractivity contribution >= 4 is 11.9 Å². The van der Waals surface area contributed by atoms with E-state index in [1.54, 1.807) is 14.0 Å². The summed E-state index contributed by atoms with van der Waals surface area (Å²) in [5.74, 6) is 1.36. The van der Waals surface area contributed by atoms with Gasteiger partial charge in [-0.1, -0.05) is 5.16 Å². The Morgan fingerprint density at radius 2 is 1.91 bits per heavy atom. The minimum Gasteiger partial charge on any atom is -0.493 e. The molecule has 0 saturated heterocycles. The Balaban J connectivity index is 2.16. The van der Waals surface area contributed by atoms with Crippen LogP contribution in [0.15, 0.2) is 23.4 Å². The molecule has 1 aliphatic rings. The molecule has 22 heavy (non-hydrogen) atoms. The minimum absolute atomic E-state index is 0.229. The lowest BCUT2D eigenvalue weighted by molar-refractivity contribution is 0.0753.